The first-order valence-electron chi connectivity index (χ1n) is 10.7. The van der Waals surface area contributed by atoms with Crippen LogP contribution in [0.2, 0.25) is 0 Å². The third-order valence-corrected chi connectivity index (χ3v) is 6.39. The van der Waals surface area contributed by atoms with Crippen molar-refractivity contribution in [1.29, 1.82) is 0 Å². The number of benzene rings is 1. The van der Waals surface area contributed by atoms with E-state index in [1.54, 1.807) is 11.3 Å². The molecule has 0 radical (unpaired) electrons. The molecule has 3 rings (SSSR count). The van der Waals surface area contributed by atoms with Crippen LogP contribution in [0, 0.1) is 11.8 Å². The highest BCUT2D eigenvalue weighted by atomic mass is 32.1. The van der Waals surface area contributed by atoms with Crippen molar-refractivity contribution in [1.82, 2.24) is 4.90 Å². The van der Waals surface area contributed by atoms with E-state index in [1.807, 2.05) is 54.7 Å². The number of thiophene rings is 1. The summed E-state index contributed by atoms with van der Waals surface area (Å²) in [5.41, 5.74) is 2.92. The zero-order valence-corrected chi connectivity index (χ0v) is 19.3. The molecular weight excluding hydrogens is 394 g/mol. The van der Waals surface area contributed by atoms with E-state index in [-0.39, 0.29) is 17.7 Å². The smallest absolute Gasteiger partial charge is 0.228 e. The molecule has 2 aromatic rings. The number of hydrogen-bond acceptors (Lipinski definition) is 4. The van der Waals surface area contributed by atoms with Crippen LogP contribution in [0.25, 0.3) is 0 Å². The third-order valence-electron chi connectivity index (χ3n) is 5.51. The van der Waals surface area contributed by atoms with Crippen molar-refractivity contribution in [3.63, 3.8) is 0 Å². The van der Waals surface area contributed by atoms with Gasteiger partial charge in [0.2, 0.25) is 11.8 Å². The van der Waals surface area contributed by atoms with Gasteiger partial charge >= 0.3 is 0 Å². The molecule has 1 saturated carbocycles. The molecule has 1 fully saturated rings. The molecule has 0 bridgehead atoms. The van der Waals surface area contributed by atoms with Crippen LogP contribution in [0.4, 0.5) is 11.4 Å². The van der Waals surface area contributed by atoms with Crippen molar-refractivity contribution >= 4 is 34.5 Å². The maximum absolute atomic E-state index is 13.1. The van der Waals surface area contributed by atoms with Crippen molar-refractivity contribution in [2.75, 3.05) is 30.9 Å². The highest BCUT2D eigenvalue weighted by Gasteiger charge is 2.25. The first-order valence-corrected chi connectivity index (χ1v) is 11.6. The quantitative estimate of drug-likeness (QED) is 0.627. The average molecular weight is 428 g/mol. The molecule has 0 atom stereocenters. The topological polar surface area (TPSA) is 52.7 Å². The summed E-state index contributed by atoms with van der Waals surface area (Å²) in [4.78, 5) is 30.6. The normalized spacial score (nSPS) is 13.8. The van der Waals surface area contributed by atoms with Gasteiger partial charge in [-0.1, -0.05) is 26.3 Å². The number of hydrogen-bond donors (Lipinski definition) is 1. The molecule has 1 aromatic heterocycles. The predicted octanol–water partition coefficient (Wildman–Crippen LogP) is 4.78. The first-order chi connectivity index (χ1) is 14.3. The molecule has 162 valence electrons. The number of carbonyl (C=O) groups is 2. The van der Waals surface area contributed by atoms with Gasteiger partial charge in [-0.25, -0.2) is 0 Å². The van der Waals surface area contributed by atoms with Crippen molar-refractivity contribution in [3.8, 4) is 0 Å². The Bertz CT molecular complexity index is 857. The monoisotopic (exact) mass is 427 g/mol. The maximum Gasteiger partial charge on any atom is 0.228 e. The van der Waals surface area contributed by atoms with Gasteiger partial charge in [0.1, 0.15) is 0 Å². The van der Waals surface area contributed by atoms with Crippen molar-refractivity contribution in [2.45, 2.75) is 46.1 Å². The number of nitrogens with one attached hydrogen (secondary N) is 1. The molecule has 2 amide bonds. The molecule has 0 aliphatic heterocycles. The summed E-state index contributed by atoms with van der Waals surface area (Å²) in [6.45, 7) is 5.50. The summed E-state index contributed by atoms with van der Waals surface area (Å²) in [6, 6.07) is 10.0. The van der Waals surface area contributed by atoms with Crippen LogP contribution in [0.15, 0.2) is 35.7 Å². The fourth-order valence-electron chi connectivity index (χ4n) is 3.72. The molecule has 0 unspecified atom stereocenters. The second-order valence-electron chi connectivity index (χ2n) is 8.78. The van der Waals surface area contributed by atoms with Crippen molar-refractivity contribution in [3.05, 3.63) is 46.2 Å². The Balaban J connectivity index is 1.80. The van der Waals surface area contributed by atoms with Crippen LogP contribution < -0.4 is 10.2 Å². The highest BCUT2D eigenvalue weighted by molar-refractivity contribution is 7.10. The first kappa shape index (κ1) is 22.3. The summed E-state index contributed by atoms with van der Waals surface area (Å²) in [5.74, 6) is 0.769. The molecule has 0 spiro atoms. The average Bonchev–Trinajstić information content (AvgIpc) is 3.12. The maximum atomic E-state index is 13.1. The number of nitrogens with zero attached hydrogens (tertiary/aromatic N) is 2. The highest BCUT2D eigenvalue weighted by Crippen LogP contribution is 2.29. The Labute approximate surface area is 184 Å². The molecule has 1 aromatic carbocycles. The SMILES string of the molecule is CC(C)CN(Cc1cc(NC(=O)C2CCC2)ccc1N(C)C)C(=O)Cc1cccs1. The molecule has 1 N–H and O–H groups in total. The summed E-state index contributed by atoms with van der Waals surface area (Å²) < 4.78 is 0. The van der Waals surface area contributed by atoms with E-state index in [1.165, 1.54) is 0 Å². The van der Waals surface area contributed by atoms with Gasteiger partial charge in [-0.05, 0) is 54.0 Å². The van der Waals surface area contributed by atoms with Crippen LogP contribution in [0.1, 0.15) is 43.6 Å². The van der Waals surface area contributed by atoms with Crippen LogP contribution in [0.5, 0.6) is 0 Å². The summed E-state index contributed by atoms with van der Waals surface area (Å²) >= 11 is 1.62. The number of amides is 2. The Kier molecular flexibility index (Phi) is 7.53. The van der Waals surface area contributed by atoms with Gasteiger partial charge in [0.15, 0.2) is 0 Å². The lowest BCUT2D eigenvalue weighted by atomic mass is 9.85. The van der Waals surface area contributed by atoms with Crippen LogP contribution in [-0.2, 0) is 22.6 Å². The zero-order chi connectivity index (χ0) is 21.7. The molecular formula is C24H33N3O2S. The Morgan fingerprint density at radius 1 is 1.20 bits per heavy atom. The van der Waals surface area contributed by atoms with Gasteiger partial charge < -0.3 is 15.1 Å². The van der Waals surface area contributed by atoms with Gasteiger partial charge in [0.25, 0.3) is 0 Å². The van der Waals surface area contributed by atoms with E-state index in [9.17, 15) is 9.59 Å². The second-order valence-corrected chi connectivity index (χ2v) is 9.81. The lowest BCUT2D eigenvalue weighted by molar-refractivity contribution is -0.131. The van der Waals surface area contributed by atoms with E-state index in [0.29, 0.717) is 25.4 Å². The Morgan fingerprint density at radius 2 is 1.97 bits per heavy atom. The predicted molar refractivity (Wildman–Crippen MR) is 125 cm³/mol. The van der Waals surface area contributed by atoms with Gasteiger partial charge in [0, 0.05) is 49.4 Å². The van der Waals surface area contributed by atoms with Crippen LogP contribution in [0.3, 0.4) is 0 Å². The van der Waals surface area contributed by atoms with E-state index in [0.717, 1.165) is 41.1 Å². The molecule has 0 saturated heterocycles. The third kappa shape index (κ3) is 5.85. The van der Waals surface area contributed by atoms with E-state index in [4.69, 9.17) is 0 Å². The molecule has 1 heterocycles. The lowest BCUT2D eigenvalue weighted by Crippen LogP contribution is -2.35. The molecule has 1 aliphatic carbocycles. The molecule has 6 heteroatoms. The Hall–Kier alpha value is -2.34. The van der Waals surface area contributed by atoms with E-state index < -0.39 is 0 Å². The summed E-state index contributed by atoms with van der Waals surface area (Å²) in [6.07, 6.45) is 3.53. The minimum Gasteiger partial charge on any atom is -0.377 e. The van der Waals surface area contributed by atoms with Crippen molar-refractivity contribution in [2.24, 2.45) is 11.8 Å². The summed E-state index contributed by atoms with van der Waals surface area (Å²) in [5, 5.41) is 5.08. The standard InChI is InChI=1S/C24H33N3O2S/c1-17(2)15-27(23(28)14-21-9-6-12-30-21)16-19-13-20(10-11-22(19)26(3)4)25-24(29)18-7-5-8-18/h6,9-13,17-18H,5,7-8,14-16H2,1-4H3,(H,25,29). The number of rotatable bonds is 9. The fraction of sp³-hybridized carbons (Fsp3) is 0.500. The van der Waals surface area contributed by atoms with Gasteiger partial charge in [-0.15, -0.1) is 11.3 Å². The van der Waals surface area contributed by atoms with Crippen LogP contribution in [-0.4, -0.2) is 37.4 Å². The Morgan fingerprint density at radius 3 is 2.53 bits per heavy atom. The van der Waals surface area contributed by atoms with Crippen molar-refractivity contribution < 1.29 is 9.59 Å². The minimum atomic E-state index is 0.109. The molecule has 30 heavy (non-hydrogen) atoms. The largest absolute Gasteiger partial charge is 0.377 e. The van der Waals surface area contributed by atoms with E-state index in [2.05, 4.69) is 24.1 Å². The number of carbonyl (C=O) groups excluding carboxylic acids is 2. The molecule has 1 aliphatic rings. The van der Waals surface area contributed by atoms with Crippen LogP contribution >= 0.6 is 11.3 Å². The minimum absolute atomic E-state index is 0.109. The summed E-state index contributed by atoms with van der Waals surface area (Å²) in [7, 11) is 4.01. The zero-order valence-electron chi connectivity index (χ0n) is 18.5. The van der Waals surface area contributed by atoms with Gasteiger partial charge in [-0.2, -0.15) is 0 Å². The van der Waals surface area contributed by atoms with Gasteiger partial charge in [0.05, 0.1) is 6.42 Å². The van der Waals surface area contributed by atoms with Gasteiger partial charge in [-0.3, -0.25) is 9.59 Å². The lowest BCUT2D eigenvalue weighted by Gasteiger charge is -2.28. The van der Waals surface area contributed by atoms with E-state index >= 15 is 0 Å². The fourth-order valence-corrected chi connectivity index (χ4v) is 4.41. The number of anilines is 2. The second kappa shape index (κ2) is 10.1. The molecule has 5 nitrogen and oxygen atoms in total.